The first-order valence-electron chi connectivity index (χ1n) is 8.71. The first-order chi connectivity index (χ1) is 12.4. The van der Waals surface area contributed by atoms with E-state index < -0.39 is 6.04 Å². The molecule has 0 fully saturated rings. The highest BCUT2D eigenvalue weighted by atomic mass is 35.5. The third kappa shape index (κ3) is 3.64. The van der Waals surface area contributed by atoms with Crippen LogP contribution in [-0.4, -0.2) is 15.5 Å². The summed E-state index contributed by atoms with van der Waals surface area (Å²) in [5, 5.41) is 9.92. The Morgan fingerprint density at radius 3 is 2.73 bits per heavy atom. The molecule has 0 saturated carbocycles. The number of aryl methyl sites for hydroxylation is 1. The molecule has 3 rings (SSSR count). The van der Waals surface area contributed by atoms with Crippen molar-refractivity contribution < 1.29 is 0 Å². The lowest BCUT2D eigenvalue weighted by Crippen LogP contribution is -2.34. The van der Waals surface area contributed by atoms with E-state index in [0.717, 1.165) is 24.1 Å². The first kappa shape index (κ1) is 18.9. The molecular formula is C19H22Cl2N4O. The van der Waals surface area contributed by atoms with Gasteiger partial charge in [0, 0.05) is 21.9 Å². The molecule has 3 atom stereocenters. The lowest BCUT2D eigenvalue weighted by molar-refractivity contribution is 0.413. The van der Waals surface area contributed by atoms with E-state index in [1.807, 2.05) is 19.9 Å². The Hall–Kier alpha value is -1.85. The topological polar surface area (TPSA) is 59.3 Å². The maximum Gasteiger partial charge on any atom is 0.292 e. The minimum absolute atomic E-state index is 0.137. The Balaban J connectivity index is 1.97. The van der Waals surface area contributed by atoms with E-state index >= 15 is 0 Å². The number of anilines is 1. The second-order valence-electron chi connectivity index (χ2n) is 6.82. The van der Waals surface area contributed by atoms with Gasteiger partial charge in [-0.25, -0.2) is 4.68 Å². The number of hydrogen-bond donors (Lipinski definition) is 1. The van der Waals surface area contributed by atoms with Crippen molar-refractivity contribution in [2.75, 3.05) is 5.43 Å². The number of halogens is 2. The molecule has 0 radical (unpaired) electrons. The Morgan fingerprint density at radius 2 is 2.00 bits per heavy atom. The Bertz CT molecular complexity index is 882. The Labute approximate surface area is 163 Å². The minimum Gasteiger partial charge on any atom is -0.272 e. The summed E-state index contributed by atoms with van der Waals surface area (Å²) in [5.74, 6) is 0.221. The van der Waals surface area contributed by atoms with Gasteiger partial charge in [-0.1, -0.05) is 43.1 Å². The average Bonchev–Trinajstić information content (AvgIpc) is 2.61. The minimum atomic E-state index is -0.427. The van der Waals surface area contributed by atoms with Gasteiger partial charge in [-0.3, -0.25) is 10.2 Å². The lowest BCUT2D eigenvalue weighted by atomic mass is 9.94. The predicted molar refractivity (Wildman–Crippen MR) is 108 cm³/mol. The van der Waals surface area contributed by atoms with Gasteiger partial charge in [0.15, 0.2) is 0 Å². The molecule has 138 valence electrons. The molecule has 0 amide bonds. The molecule has 1 heterocycles. The molecule has 5 nitrogen and oxygen atoms in total. The smallest absolute Gasteiger partial charge is 0.272 e. The van der Waals surface area contributed by atoms with Gasteiger partial charge in [-0.15, -0.1) is 0 Å². The van der Waals surface area contributed by atoms with Gasteiger partial charge in [0.2, 0.25) is 0 Å². The van der Waals surface area contributed by atoms with Gasteiger partial charge >= 0.3 is 0 Å². The normalized spacial score (nSPS) is 27.3. The van der Waals surface area contributed by atoms with Crippen LogP contribution in [0.3, 0.4) is 0 Å². The summed E-state index contributed by atoms with van der Waals surface area (Å²) in [6, 6.07) is -0.427. The molecule has 0 aromatic carbocycles. The zero-order chi connectivity index (χ0) is 18.8. The van der Waals surface area contributed by atoms with Gasteiger partial charge in [-0.2, -0.15) is 10.2 Å². The average molecular weight is 393 g/mol. The summed E-state index contributed by atoms with van der Waals surface area (Å²) in [6.07, 6.45) is 11.3. The molecule has 1 aromatic heterocycles. The molecule has 3 unspecified atom stereocenters. The van der Waals surface area contributed by atoms with E-state index in [-0.39, 0.29) is 11.5 Å². The van der Waals surface area contributed by atoms with Crippen LogP contribution in [0, 0.1) is 18.8 Å². The summed E-state index contributed by atoms with van der Waals surface area (Å²) in [7, 11) is 0. The van der Waals surface area contributed by atoms with E-state index in [9.17, 15) is 4.79 Å². The lowest BCUT2D eigenvalue weighted by Gasteiger charge is -2.27. The zero-order valence-corrected chi connectivity index (χ0v) is 16.6. The third-order valence-electron chi connectivity index (χ3n) is 4.91. The van der Waals surface area contributed by atoms with E-state index in [2.05, 4.69) is 28.6 Å². The zero-order valence-electron chi connectivity index (χ0n) is 15.0. The van der Waals surface area contributed by atoms with E-state index in [4.69, 9.17) is 23.2 Å². The van der Waals surface area contributed by atoms with Crippen LogP contribution in [0.5, 0.6) is 0 Å². The van der Waals surface area contributed by atoms with Crippen molar-refractivity contribution in [2.24, 2.45) is 16.9 Å². The van der Waals surface area contributed by atoms with Gasteiger partial charge in [0.1, 0.15) is 5.69 Å². The van der Waals surface area contributed by atoms with Crippen LogP contribution in [0.4, 0.5) is 5.69 Å². The van der Waals surface area contributed by atoms with E-state index in [1.165, 1.54) is 4.68 Å². The molecule has 1 aromatic rings. The summed E-state index contributed by atoms with van der Waals surface area (Å²) in [5.41, 5.74) is 4.76. The molecule has 0 saturated heterocycles. The third-order valence-corrected chi connectivity index (χ3v) is 5.72. The second kappa shape index (κ2) is 7.80. The first-order valence-corrected chi connectivity index (χ1v) is 9.47. The van der Waals surface area contributed by atoms with E-state index in [1.54, 1.807) is 18.3 Å². The monoisotopic (exact) mass is 392 g/mol. The van der Waals surface area contributed by atoms with Crippen LogP contribution in [0.1, 0.15) is 38.3 Å². The summed E-state index contributed by atoms with van der Waals surface area (Å²) >= 11 is 12.6. The maximum absolute atomic E-state index is 13.0. The maximum atomic E-state index is 13.0. The van der Waals surface area contributed by atoms with Crippen molar-refractivity contribution in [3.8, 4) is 0 Å². The fourth-order valence-corrected chi connectivity index (χ4v) is 3.67. The quantitative estimate of drug-likeness (QED) is 0.755. The Kier molecular flexibility index (Phi) is 5.68. The fraction of sp³-hybridized carbons (Fsp3) is 0.421. The van der Waals surface area contributed by atoms with Crippen LogP contribution in [0.15, 0.2) is 50.5 Å². The van der Waals surface area contributed by atoms with Crippen LogP contribution in [0.25, 0.3) is 0 Å². The van der Waals surface area contributed by atoms with Gasteiger partial charge < -0.3 is 0 Å². The van der Waals surface area contributed by atoms with Gasteiger partial charge in [0.05, 0.1) is 18.0 Å². The molecule has 2 aliphatic rings. The summed E-state index contributed by atoms with van der Waals surface area (Å²) in [6.45, 7) is 5.88. The van der Waals surface area contributed by atoms with Crippen molar-refractivity contribution in [1.82, 2.24) is 9.78 Å². The highest BCUT2D eigenvalue weighted by Gasteiger charge is 2.30. The van der Waals surface area contributed by atoms with E-state index in [0.29, 0.717) is 21.7 Å². The summed E-state index contributed by atoms with van der Waals surface area (Å²) in [4.78, 5) is 13.0. The Morgan fingerprint density at radius 1 is 1.27 bits per heavy atom. The van der Waals surface area contributed by atoms with Crippen LogP contribution in [0.2, 0.25) is 0 Å². The largest absolute Gasteiger partial charge is 0.292 e. The number of aromatic nitrogens is 2. The molecule has 2 aliphatic carbocycles. The SMILES string of the molecule is Cc1cnn(C2C(Cl)=CC=C(Cl)C2C)c(=O)c1NN=C1C=CCCC1C. The molecular weight excluding hydrogens is 371 g/mol. The van der Waals surface area contributed by atoms with Crippen LogP contribution < -0.4 is 11.0 Å². The number of nitrogens with one attached hydrogen (secondary N) is 1. The predicted octanol–water partition coefficient (Wildman–Crippen LogP) is 4.74. The van der Waals surface area contributed by atoms with Crippen molar-refractivity contribution in [3.05, 3.63) is 56.5 Å². The highest BCUT2D eigenvalue weighted by molar-refractivity contribution is 6.32. The second-order valence-corrected chi connectivity index (χ2v) is 7.69. The van der Waals surface area contributed by atoms with Crippen LogP contribution in [-0.2, 0) is 0 Å². The van der Waals surface area contributed by atoms with Crippen molar-refractivity contribution in [3.63, 3.8) is 0 Å². The van der Waals surface area contributed by atoms with Crippen molar-refractivity contribution in [1.29, 1.82) is 0 Å². The number of allylic oxidation sites excluding steroid dienone is 6. The molecule has 7 heteroatoms. The fourth-order valence-electron chi connectivity index (χ4n) is 3.14. The molecule has 0 aliphatic heterocycles. The summed E-state index contributed by atoms with van der Waals surface area (Å²) < 4.78 is 1.38. The number of rotatable bonds is 3. The number of nitrogens with zero attached hydrogens (tertiary/aromatic N) is 3. The molecule has 1 N–H and O–H groups in total. The van der Waals surface area contributed by atoms with Gasteiger partial charge in [-0.05, 0) is 43.6 Å². The molecule has 26 heavy (non-hydrogen) atoms. The standard InChI is InChI=1S/C19H22Cl2N4O/c1-11-6-4-5-7-16(11)23-24-17-12(2)10-22-25(19(17)26)18-13(3)14(20)8-9-15(18)21/h5,7-11,13,18,24H,4,6H2,1-3H3. The van der Waals surface area contributed by atoms with Gasteiger partial charge in [0.25, 0.3) is 5.56 Å². The van der Waals surface area contributed by atoms with Crippen molar-refractivity contribution >= 4 is 34.6 Å². The van der Waals surface area contributed by atoms with Crippen molar-refractivity contribution in [2.45, 2.75) is 39.7 Å². The molecule has 0 spiro atoms. The number of hydrogen-bond acceptors (Lipinski definition) is 4. The highest BCUT2D eigenvalue weighted by Crippen LogP contribution is 2.37. The molecule has 0 bridgehead atoms. The number of hydrazone groups is 1. The van der Waals surface area contributed by atoms with Crippen LogP contribution >= 0.6 is 23.2 Å².